The number of hydrogen-bond donors (Lipinski definition) is 3. The first-order valence-corrected chi connectivity index (χ1v) is 10.8. The van der Waals surface area contributed by atoms with E-state index in [4.69, 9.17) is 0 Å². The minimum Gasteiger partial charge on any atom is -0.340 e. The third-order valence-electron chi connectivity index (χ3n) is 6.51. The summed E-state index contributed by atoms with van der Waals surface area (Å²) in [6.07, 6.45) is 4.27. The van der Waals surface area contributed by atoms with Gasteiger partial charge in [0.25, 0.3) is 17.6 Å². The summed E-state index contributed by atoms with van der Waals surface area (Å²) in [5.74, 6) is -2.44. The molecule has 2 aliphatic rings. The van der Waals surface area contributed by atoms with Gasteiger partial charge in [-0.25, -0.2) is 4.39 Å². The lowest BCUT2D eigenvalue weighted by Crippen LogP contribution is -2.40. The number of aromatic amines is 1. The van der Waals surface area contributed by atoms with Crippen molar-refractivity contribution < 1.29 is 18.8 Å². The van der Waals surface area contributed by atoms with Gasteiger partial charge in [-0.2, -0.15) is 0 Å². The third kappa shape index (κ3) is 3.42. The second-order valence-corrected chi connectivity index (χ2v) is 8.67. The minimum absolute atomic E-state index is 0.0712. The largest absolute Gasteiger partial charge is 0.340 e. The predicted molar refractivity (Wildman–Crippen MR) is 116 cm³/mol. The maximum absolute atomic E-state index is 14.4. The molecule has 0 unspecified atom stereocenters. The molecule has 0 radical (unpaired) electrons. The zero-order valence-electron chi connectivity index (χ0n) is 18.3. The number of amides is 2. The van der Waals surface area contributed by atoms with Gasteiger partial charge in [0.1, 0.15) is 17.2 Å². The van der Waals surface area contributed by atoms with E-state index in [1.54, 1.807) is 36.7 Å². The molecule has 170 valence electrons. The maximum atomic E-state index is 14.4. The van der Waals surface area contributed by atoms with E-state index in [0.717, 1.165) is 6.42 Å². The van der Waals surface area contributed by atoms with Gasteiger partial charge >= 0.3 is 0 Å². The predicted octanol–water partition coefficient (Wildman–Crippen LogP) is 2.55. The lowest BCUT2D eigenvalue weighted by atomic mass is 10.0. The molecule has 1 aliphatic carbocycles. The van der Waals surface area contributed by atoms with Crippen molar-refractivity contribution in [1.82, 2.24) is 25.3 Å². The molecule has 10 heteroatoms. The number of hydrogen-bond acceptors (Lipinski definition) is 5. The van der Waals surface area contributed by atoms with Gasteiger partial charge in [-0.05, 0) is 56.7 Å². The molecule has 1 aromatic carbocycles. The van der Waals surface area contributed by atoms with E-state index in [1.807, 2.05) is 0 Å². The van der Waals surface area contributed by atoms with Crippen LogP contribution in [0.15, 0.2) is 24.4 Å². The summed E-state index contributed by atoms with van der Waals surface area (Å²) >= 11 is 0. The number of anilines is 1. The second-order valence-electron chi connectivity index (χ2n) is 8.67. The Morgan fingerprint density at radius 2 is 2.00 bits per heavy atom. The zero-order chi connectivity index (χ0) is 23.3. The van der Waals surface area contributed by atoms with Crippen molar-refractivity contribution in [3.05, 3.63) is 64.0 Å². The Kier molecular flexibility index (Phi) is 4.88. The van der Waals surface area contributed by atoms with Gasteiger partial charge in [-0.1, -0.05) is 17.3 Å². The van der Waals surface area contributed by atoms with Crippen LogP contribution in [-0.2, 0) is 23.3 Å². The maximum Gasteiger partial charge on any atom is 0.293 e. The molecule has 0 atom stereocenters. The molecule has 2 aromatic heterocycles. The van der Waals surface area contributed by atoms with Crippen LogP contribution in [0.3, 0.4) is 0 Å². The summed E-state index contributed by atoms with van der Waals surface area (Å²) in [5, 5.41) is 15.7. The van der Waals surface area contributed by atoms with Gasteiger partial charge in [-0.15, -0.1) is 5.10 Å². The Morgan fingerprint density at radius 1 is 1.21 bits per heavy atom. The summed E-state index contributed by atoms with van der Waals surface area (Å²) in [4.78, 5) is 39.3. The van der Waals surface area contributed by atoms with Gasteiger partial charge in [0, 0.05) is 18.4 Å². The summed E-state index contributed by atoms with van der Waals surface area (Å²) < 4.78 is 16.2. The van der Waals surface area contributed by atoms with E-state index in [-0.39, 0.29) is 16.9 Å². The highest BCUT2D eigenvalue weighted by molar-refractivity contribution is 6.44. The number of carbonyl (C=O) groups excluding carboxylic acids is 3. The highest BCUT2D eigenvalue weighted by Crippen LogP contribution is 2.44. The zero-order valence-corrected chi connectivity index (χ0v) is 18.3. The number of fused-ring (bicyclic) bond motifs is 1. The van der Waals surface area contributed by atoms with Gasteiger partial charge in [0.15, 0.2) is 0 Å². The van der Waals surface area contributed by atoms with E-state index in [2.05, 4.69) is 26.0 Å². The van der Waals surface area contributed by atoms with Crippen LogP contribution in [0, 0.1) is 19.7 Å². The average Bonchev–Trinajstić information content (AvgIpc) is 3.15. The number of nitrogens with zero attached hydrogens (tertiary/aromatic N) is 3. The number of rotatable bonds is 6. The average molecular weight is 450 g/mol. The van der Waals surface area contributed by atoms with E-state index in [9.17, 15) is 18.8 Å². The molecule has 0 saturated heterocycles. The third-order valence-corrected chi connectivity index (χ3v) is 6.51. The molecule has 3 aromatic rings. The van der Waals surface area contributed by atoms with E-state index >= 15 is 0 Å². The standard InChI is InChI=1S/C23H23FN6O3/c1-12-5-3-6-14(18(12)24)26-21(32)19-13(2)17(15-7-4-10-30(15)19)20(31)22(33)27-23(8-9-23)16-11-25-29-28-16/h3,5-6,11H,4,7-10H2,1-2H3,(H,26,32)(H,27,33)(H,25,28,29). The van der Waals surface area contributed by atoms with Crippen molar-refractivity contribution >= 4 is 23.3 Å². The van der Waals surface area contributed by atoms with Crippen LogP contribution in [0.2, 0.25) is 0 Å². The van der Waals surface area contributed by atoms with E-state index in [1.165, 1.54) is 6.07 Å². The molecular formula is C23H23FN6O3. The van der Waals surface area contributed by atoms with Crippen LogP contribution in [0.4, 0.5) is 10.1 Å². The number of Topliss-reactive ketones (excluding diaryl/α,β-unsaturated/α-hetero) is 1. The first kappa shape index (κ1) is 21.0. The number of carbonyl (C=O) groups is 3. The van der Waals surface area contributed by atoms with Gasteiger partial charge < -0.3 is 15.2 Å². The molecule has 9 nitrogen and oxygen atoms in total. The summed E-state index contributed by atoms with van der Waals surface area (Å²) in [6, 6.07) is 4.76. The number of aryl methyl sites for hydroxylation is 1. The van der Waals surface area contributed by atoms with Crippen LogP contribution in [0.25, 0.3) is 0 Å². The highest BCUT2D eigenvalue weighted by Gasteiger charge is 2.49. The fourth-order valence-electron chi connectivity index (χ4n) is 4.63. The van der Waals surface area contributed by atoms with Crippen molar-refractivity contribution in [3.63, 3.8) is 0 Å². The lowest BCUT2D eigenvalue weighted by molar-refractivity contribution is -0.118. The first-order valence-electron chi connectivity index (χ1n) is 10.8. The number of halogens is 1. The smallest absolute Gasteiger partial charge is 0.293 e. The molecule has 33 heavy (non-hydrogen) atoms. The number of aromatic nitrogens is 4. The molecule has 1 fully saturated rings. The molecular weight excluding hydrogens is 427 g/mol. The number of H-pyrrole nitrogens is 1. The molecule has 3 N–H and O–H groups in total. The normalized spacial score (nSPS) is 15.7. The topological polar surface area (TPSA) is 122 Å². The van der Waals surface area contributed by atoms with Crippen LogP contribution in [-0.4, -0.2) is 37.6 Å². The van der Waals surface area contributed by atoms with E-state index < -0.39 is 29.0 Å². The van der Waals surface area contributed by atoms with Gasteiger partial charge in [-0.3, -0.25) is 19.5 Å². The molecule has 2 amide bonds. The van der Waals surface area contributed by atoms with Crippen molar-refractivity contribution in [1.29, 1.82) is 0 Å². The lowest BCUT2D eigenvalue weighted by Gasteiger charge is -2.14. The van der Waals surface area contributed by atoms with Crippen LogP contribution in [0.1, 0.15) is 62.6 Å². The van der Waals surface area contributed by atoms with Crippen molar-refractivity contribution in [2.24, 2.45) is 0 Å². The molecule has 0 spiro atoms. The molecule has 1 aliphatic heterocycles. The Bertz CT molecular complexity index is 1290. The minimum atomic E-state index is -0.740. The summed E-state index contributed by atoms with van der Waals surface area (Å²) in [6.45, 7) is 3.82. The highest BCUT2D eigenvalue weighted by atomic mass is 19.1. The Labute approximate surface area is 188 Å². The van der Waals surface area contributed by atoms with Gasteiger partial charge in [0.05, 0.1) is 16.8 Å². The number of ketones is 1. The SMILES string of the molecule is Cc1cccc(NC(=O)c2c(C)c(C(=O)C(=O)NC3(c4c[nH]nn4)CC3)c3n2CCC3)c1F. The molecule has 3 heterocycles. The van der Waals surface area contributed by atoms with Crippen LogP contribution >= 0.6 is 0 Å². The number of nitrogens with one attached hydrogen (secondary N) is 3. The van der Waals surface area contributed by atoms with Crippen LogP contribution in [0.5, 0.6) is 0 Å². The van der Waals surface area contributed by atoms with Crippen LogP contribution < -0.4 is 10.6 Å². The van der Waals surface area contributed by atoms with Crippen molar-refractivity contribution in [2.45, 2.75) is 51.6 Å². The van der Waals surface area contributed by atoms with Gasteiger partial charge in [0.2, 0.25) is 0 Å². The van der Waals surface area contributed by atoms with E-state index in [0.29, 0.717) is 48.3 Å². The molecule has 0 bridgehead atoms. The van der Waals surface area contributed by atoms with Crippen molar-refractivity contribution in [3.8, 4) is 0 Å². The Morgan fingerprint density at radius 3 is 2.70 bits per heavy atom. The number of benzene rings is 1. The quantitative estimate of drug-likeness (QED) is 0.394. The fraction of sp³-hybridized carbons (Fsp3) is 0.348. The fourth-order valence-corrected chi connectivity index (χ4v) is 4.63. The summed E-state index contributed by atoms with van der Waals surface area (Å²) in [5.41, 5.74) is 1.99. The molecule has 5 rings (SSSR count). The summed E-state index contributed by atoms with van der Waals surface area (Å²) in [7, 11) is 0. The second kappa shape index (κ2) is 7.65. The molecule has 1 saturated carbocycles. The van der Waals surface area contributed by atoms with Crippen molar-refractivity contribution in [2.75, 3.05) is 5.32 Å². The first-order chi connectivity index (χ1) is 15.8. The Hall–Kier alpha value is -3.82. The Balaban J connectivity index is 1.44. The monoisotopic (exact) mass is 450 g/mol.